The highest BCUT2D eigenvalue weighted by Crippen LogP contribution is 2.28. The molecule has 170 valence electrons. The van der Waals surface area contributed by atoms with Crippen molar-refractivity contribution in [2.24, 2.45) is 5.41 Å². The lowest BCUT2D eigenvalue weighted by molar-refractivity contribution is 0.0529. The lowest BCUT2D eigenvalue weighted by atomic mass is 9.88. The standard InChI is InChI=1S/C25H27N5O3/c1-6-33-24(32)20-22(21-15(2)26-11-12-27-21)29-30-19(31)13-18(28-23(20)30)17-9-7-16(8-10-17)14-25(3,4)5/h7-13,28H,6,14H2,1-5H3. The van der Waals surface area contributed by atoms with Crippen molar-refractivity contribution in [3.05, 3.63) is 69.9 Å². The summed E-state index contributed by atoms with van der Waals surface area (Å²) in [5, 5.41) is 4.41. The van der Waals surface area contributed by atoms with Crippen LogP contribution in [0.1, 0.15) is 49.3 Å². The van der Waals surface area contributed by atoms with Gasteiger partial charge in [-0.25, -0.2) is 4.79 Å². The first-order valence-corrected chi connectivity index (χ1v) is 10.9. The average molecular weight is 446 g/mol. The Balaban J connectivity index is 1.89. The van der Waals surface area contributed by atoms with Crippen molar-refractivity contribution in [2.75, 3.05) is 6.61 Å². The summed E-state index contributed by atoms with van der Waals surface area (Å²) < 4.78 is 6.46. The van der Waals surface area contributed by atoms with Crippen molar-refractivity contribution < 1.29 is 9.53 Å². The van der Waals surface area contributed by atoms with Crippen LogP contribution in [-0.2, 0) is 11.2 Å². The minimum absolute atomic E-state index is 0.156. The molecule has 0 saturated carbocycles. The first-order chi connectivity index (χ1) is 15.7. The van der Waals surface area contributed by atoms with E-state index in [2.05, 4.69) is 53.0 Å². The quantitative estimate of drug-likeness (QED) is 0.462. The summed E-state index contributed by atoms with van der Waals surface area (Å²) in [7, 11) is 0. The predicted octanol–water partition coefficient (Wildman–Crippen LogP) is 4.22. The number of aromatic nitrogens is 5. The maximum Gasteiger partial charge on any atom is 0.344 e. The monoisotopic (exact) mass is 445 g/mol. The summed E-state index contributed by atoms with van der Waals surface area (Å²) in [4.78, 5) is 37.7. The van der Waals surface area contributed by atoms with Gasteiger partial charge in [0.1, 0.15) is 17.0 Å². The Morgan fingerprint density at radius 1 is 1.09 bits per heavy atom. The number of aryl methyl sites for hydroxylation is 1. The van der Waals surface area contributed by atoms with Crippen molar-refractivity contribution in [1.29, 1.82) is 0 Å². The molecule has 0 fully saturated rings. The fraction of sp³-hybridized carbons (Fsp3) is 0.320. The number of nitrogens with one attached hydrogen (secondary N) is 1. The van der Waals surface area contributed by atoms with E-state index in [1.54, 1.807) is 20.0 Å². The van der Waals surface area contributed by atoms with Crippen LogP contribution in [0.15, 0.2) is 47.5 Å². The predicted molar refractivity (Wildman–Crippen MR) is 126 cm³/mol. The largest absolute Gasteiger partial charge is 0.462 e. The zero-order valence-electron chi connectivity index (χ0n) is 19.5. The number of fused-ring (bicyclic) bond motifs is 1. The van der Waals surface area contributed by atoms with Crippen LogP contribution >= 0.6 is 0 Å². The molecule has 0 amide bonds. The summed E-state index contributed by atoms with van der Waals surface area (Å²) in [6.07, 6.45) is 4.03. The molecule has 0 aliphatic heterocycles. The van der Waals surface area contributed by atoms with E-state index in [1.807, 2.05) is 12.1 Å². The molecule has 1 N–H and O–H groups in total. The molecular weight excluding hydrogens is 418 g/mol. The van der Waals surface area contributed by atoms with Gasteiger partial charge in [0.2, 0.25) is 0 Å². The number of rotatable bonds is 5. The minimum Gasteiger partial charge on any atom is -0.462 e. The summed E-state index contributed by atoms with van der Waals surface area (Å²) in [5.41, 5.74) is 4.13. The van der Waals surface area contributed by atoms with Gasteiger partial charge in [-0.1, -0.05) is 45.0 Å². The highest BCUT2D eigenvalue weighted by molar-refractivity contribution is 6.02. The number of esters is 1. The number of ether oxygens (including phenoxy) is 1. The fourth-order valence-corrected chi connectivity index (χ4v) is 3.81. The maximum absolute atomic E-state index is 13.0. The van der Waals surface area contributed by atoms with Gasteiger partial charge in [-0.3, -0.25) is 14.8 Å². The van der Waals surface area contributed by atoms with Crippen molar-refractivity contribution >= 4 is 11.6 Å². The first kappa shape index (κ1) is 22.4. The highest BCUT2D eigenvalue weighted by atomic mass is 16.5. The van der Waals surface area contributed by atoms with Crippen molar-refractivity contribution in [3.63, 3.8) is 0 Å². The maximum atomic E-state index is 13.0. The van der Waals surface area contributed by atoms with Gasteiger partial charge in [0.15, 0.2) is 5.65 Å². The third-order valence-corrected chi connectivity index (χ3v) is 5.20. The fourth-order valence-electron chi connectivity index (χ4n) is 3.81. The van der Waals surface area contributed by atoms with E-state index in [0.717, 1.165) is 12.0 Å². The van der Waals surface area contributed by atoms with Crippen LogP contribution in [0.2, 0.25) is 0 Å². The zero-order valence-corrected chi connectivity index (χ0v) is 19.5. The molecule has 0 bridgehead atoms. The van der Waals surface area contributed by atoms with E-state index in [1.165, 1.54) is 22.3 Å². The number of aromatic amines is 1. The van der Waals surface area contributed by atoms with Gasteiger partial charge in [0, 0.05) is 18.5 Å². The Morgan fingerprint density at radius 2 is 1.79 bits per heavy atom. The Morgan fingerprint density at radius 3 is 2.42 bits per heavy atom. The van der Waals surface area contributed by atoms with Crippen molar-refractivity contribution in [1.82, 2.24) is 24.6 Å². The molecule has 0 radical (unpaired) electrons. The Labute approximate surface area is 191 Å². The Hall–Kier alpha value is -3.81. The molecule has 1 aromatic carbocycles. The number of nitrogens with zero attached hydrogens (tertiary/aromatic N) is 4. The van der Waals surface area contributed by atoms with Crippen LogP contribution in [-0.4, -0.2) is 37.1 Å². The Kier molecular flexibility index (Phi) is 5.84. The molecule has 0 saturated heterocycles. The molecule has 4 rings (SSSR count). The highest BCUT2D eigenvalue weighted by Gasteiger charge is 2.26. The molecule has 0 unspecified atom stereocenters. The summed E-state index contributed by atoms with van der Waals surface area (Å²) in [6.45, 7) is 10.3. The molecule has 3 heterocycles. The van der Waals surface area contributed by atoms with Crippen LogP contribution < -0.4 is 5.56 Å². The number of carbonyl (C=O) groups excluding carboxylic acids is 1. The molecule has 0 atom stereocenters. The number of H-pyrrole nitrogens is 1. The van der Waals surface area contributed by atoms with Gasteiger partial charge in [0.05, 0.1) is 18.0 Å². The molecule has 0 spiro atoms. The molecule has 8 nitrogen and oxygen atoms in total. The van der Waals surface area contributed by atoms with Crippen LogP contribution in [0.3, 0.4) is 0 Å². The van der Waals surface area contributed by atoms with Gasteiger partial charge in [-0.15, -0.1) is 0 Å². The van der Waals surface area contributed by atoms with E-state index in [9.17, 15) is 9.59 Å². The summed E-state index contributed by atoms with van der Waals surface area (Å²) in [5.74, 6) is -0.583. The van der Waals surface area contributed by atoms with Gasteiger partial charge in [-0.2, -0.15) is 9.61 Å². The van der Waals surface area contributed by atoms with Crippen molar-refractivity contribution in [2.45, 2.75) is 41.0 Å². The lowest BCUT2D eigenvalue weighted by Gasteiger charge is -2.18. The summed E-state index contributed by atoms with van der Waals surface area (Å²) >= 11 is 0. The first-order valence-electron chi connectivity index (χ1n) is 10.9. The second-order valence-corrected chi connectivity index (χ2v) is 9.15. The zero-order chi connectivity index (χ0) is 23.8. The number of carbonyl (C=O) groups is 1. The summed E-state index contributed by atoms with van der Waals surface area (Å²) in [6, 6.07) is 9.52. The molecule has 8 heteroatoms. The molecule has 0 aliphatic rings. The minimum atomic E-state index is -0.583. The number of hydrogen-bond donors (Lipinski definition) is 1. The third kappa shape index (κ3) is 4.55. The van der Waals surface area contributed by atoms with Gasteiger partial charge in [0.25, 0.3) is 5.56 Å². The number of hydrogen-bond acceptors (Lipinski definition) is 6. The van der Waals surface area contributed by atoms with E-state index in [-0.39, 0.29) is 34.5 Å². The smallest absolute Gasteiger partial charge is 0.344 e. The van der Waals surface area contributed by atoms with Crippen molar-refractivity contribution in [3.8, 4) is 22.6 Å². The second-order valence-electron chi connectivity index (χ2n) is 9.15. The van der Waals surface area contributed by atoms with Crippen LogP contribution in [0.5, 0.6) is 0 Å². The molecular formula is C25H27N5O3. The second kappa shape index (κ2) is 8.61. The van der Waals surface area contributed by atoms with Gasteiger partial charge >= 0.3 is 5.97 Å². The van der Waals surface area contributed by atoms with Crippen LogP contribution in [0.4, 0.5) is 0 Å². The number of benzene rings is 1. The topological polar surface area (TPSA) is 102 Å². The van der Waals surface area contributed by atoms with Crippen LogP contribution in [0.25, 0.3) is 28.3 Å². The van der Waals surface area contributed by atoms with Gasteiger partial charge < -0.3 is 9.72 Å². The normalized spacial score (nSPS) is 11.7. The Bertz CT molecular complexity index is 1380. The van der Waals surface area contributed by atoms with Gasteiger partial charge in [-0.05, 0) is 36.8 Å². The van der Waals surface area contributed by atoms with Crippen LogP contribution in [0, 0.1) is 12.3 Å². The molecule has 0 aliphatic carbocycles. The molecule has 4 aromatic rings. The third-order valence-electron chi connectivity index (χ3n) is 5.20. The van der Waals surface area contributed by atoms with E-state index in [4.69, 9.17) is 4.74 Å². The lowest BCUT2D eigenvalue weighted by Crippen LogP contribution is -2.15. The molecule has 33 heavy (non-hydrogen) atoms. The van der Waals surface area contributed by atoms with E-state index < -0.39 is 5.97 Å². The van der Waals surface area contributed by atoms with E-state index >= 15 is 0 Å². The van der Waals surface area contributed by atoms with E-state index in [0.29, 0.717) is 17.1 Å². The average Bonchev–Trinajstić information content (AvgIpc) is 3.13. The molecule has 3 aromatic heterocycles. The SMILES string of the molecule is CCOC(=O)c1c(-c2nccnc2C)nn2c(=O)cc(-c3ccc(CC(C)(C)C)cc3)[nH]c12.